The highest BCUT2D eigenvalue weighted by Gasteiger charge is 2.33. The average molecular weight is 443 g/mol. The van der Waals surface area contributed by atoms with Gasteiger partial charge in [-0.2, -0.15) is 5.10 Å². The Morgan fingerprint density at radius 1 is 0.931 bits per heavy atom. The van der Waals surface area contributed by atoms with Crippen LogP contribution in [0.1, 0.15) is 30.5 Å². The van der Waals surface area contributed by atoms with Gasteiger partial charge in [0.05, 0.1) is 11.8 Å². The van der Waals surface area contributed by atoms with E-state index in [0.29, 0.717) is 6.42 Å². The van der Waals surface area contributed by atoms with Crippen molar-refractivity contribution in [1.82, 2.24) is 5.01 Å². The molecule has 0 saturated carbocycles. The second-order valence-corrected chi connectivity index (χ2v) is 8.29. The van der Waals surface area contributed by atoms with Crippen molar-refractivity contribution in [1.29, 1.82) is 0 Å². The molecule has 1 heterocycles. The van der Waals surface area contributed by atoms with Crippen LogP contribution < -0.4 is 0 Å². The lowest BCUT2D eigenvalue weighted by molar-refractivity contribution is -0.130. The first kappa shape index (κ1) is 18.1. The van der Waals surface area contributed by atoms with Crippen molar-refractivity contribution >= 4 is 49.1 Å². The van der Waals surface area contributed by atoms with Crippen LogP contribution in [0.5, 0.6) is 0 Å². The highest BCUT2D eigenvalue weighted by Crippen LogP contribution is 2.40. The fraction of sp³-hybridized carbons (Fsp3) is 0.120. The van der Waals surface area contributed by atoms with E-state index in [2.05, 4.69) is 70.5 Å². The van der Waals surface area contributed by atoms with Gasteiger partial charge in [0, 0.05) is 17.8 Å². The summed E-state index contributed by atoms with van der Waals surface area (Å²) in [6.45, 7) is 1.59. The van der Waals surface area contributed by atoms with Crippen LogP contribution in [0.15, 0.2) is 88.4 Å². The summed E-state index contributed by atoms with van der Waals surface area (Å²) in [5.41, 5.74) is 3.16. The maximum atomic E-state index is 12.5. The van der Waals surface area contributed by atoms with Crippen LogP contribution in [0, 0.1) is 0 Å². The van der Waals surface area contributed by atoms with Crippen LogP contribution in [-0.2, 0) is 4.79 Å². The Hall–Kier alpha value is -2.98. The molecular formula is C25H19BrN2O. The predicted molar refractivity (Wildman–Crippen MR) is 122 cm³/mol. The largest absolute Gasteiger partial charge is 0.273 e. The summed E-state index contributed by atoms with van der Waals surface area (Å²) in [6, 6.07) is 27.0. The molecule has 1 aliphatic heterocycles. The van der Waals surface area contributed by atoms with Crippen LogP contribution in [-0.4, -0.2) is 16.6 Å². The van der Waals surface area contributed by atoms with Gasteiger partial charge >= 0.3 is 0 Å². The Morgan fingerprint density at radius 2 is 1.52 bits per heavy atom. The summed E-state index contributed by atoms with van der Waals surface area (Å²) >= 11 is 3.49. The predicted octanol–water partition coefficient (Wildman–Crippen LogP) is 6.45. The zero-order valence-corrected chi connectivity index (χ0v) is 17.6. The first-order valence-corrected chi connectivity index (χ1v) is 10.4. The number of hydrogen-bond acceptors (Lipinski definition) is 2. The van der Waals surface area contributed by atoms with E-state index in [0.717, 1.165) is 15.7 Å². The van der Waals surface area contributed by atoms with Gasteiger partial charge in [-0.15, -0.1) is 0 Å². The zero-order valence-electron chi connectivity index (χ0n) is 16.0. The fourth-order valence-electron chi connectivity index (χ4n) is 4.25. The number of carbonyl (C=O) groups excluding carboxylic acids is 1. The second-order valence-electron chi connectivity index (χ2n) is 7.37. The van der Waals surface area contributed by atoms with Crippen molar-refractivity contribution in [2.45, 2.75) is 19.4 Å². The molecule has 0 fully saturated rings. The highest BCUT2D eigenvalue weighted by molar-refractivity contribution is 9.10. The second kappa shape index (κ2) is 7.12. The third-order valence-electron chi connectivity index (χ3n) is 5.56. The van der Waals surface area contributed by atoms with Gasteiger partial charge < -0.3 is 0 Å². The normalized spacial score (nSPS) is 16.4. The minimum Gasteiger partial charge on any atom is -0.273 e. The molecule has 3 nitrogen and oxygen atoms in total. The van der Waals surface area contributed by atoms with Crippen molar-refractivity contribution in [3.05, 3.63) is 94.5 Å². The molecular weight excluding hydrogens is 424 g/mol. The lowest BCUT2D eigenvalue weighted by Gasteiger charge is -2.24. The Morgan fingerprint density at radius 3 is 2.10 bits per heavy atom. The van der Waals surface area contributed by atoms with Gasteiger partial charge in [-0.25, -0.2) is 5.01 Å². The fourth-order valence-corrected chi connectivity index (χ4v) is 4.51. The van der Waals surface area contributed by atoms with Gasteiger partial charge in [0.2, 0.25) is 5.91 Å². The molecule has 0 aromatic heterocycles. The molecule has 4 heteroatoms. The lowest BCUT2D eigenvalue weighted by atomic mass is 9.89. The standard InChI is InChI=1S/C25H19BrN2O/c1-16(29)28-24(15-23(27-28)17-10-12-20(26)13-11-17)25-21-8-4-2-6-18(21)14-19-7-3-5-9-22(19)25/h2-14,24H,15H2,1H3. The first-order chi connectivity index (χ1) is 14.1. The molecule has 142 valence electrons. The van der Waals surface area contributed by atoms with Gasteiger partial charge in [0.25, 0.3) is 0 Å². The minimum absolute atomic E-state index is 0.0425. The van der Waals surface area contributed by atoms with Crippen LogP contribution in [0.2, 0.25) is 0 Å². The first-order valence-electron chi connectivity index (χ1n) is 9.65. The molecule has 0 spiro atoms. The monoisotopic (exact) mass is 442 g/mol. The van der Waals surface area contributed by atoms with E-state index in [1.54, 1.807) is 11.9 Å². The third-order valence-corrected chi connectivity index (χ3v) is 6.09. The van der Waals surface area contributed by atoms with Crippen molar-refractivity contribution < 1.29 is 4.79 Å². The molecule has 5 rings (SSSR count). The average Bonchev–Trinajstić information content (AvgIpc) is 3.18. The number of benzene rings is 4. The summed E-state index contributed by atoms with van der Waals surface area (Å²) in [5.74, 6) is -0.0425. The molecule has 1 atom stereocenters. The van der Waals surface area contributed by atoms with Crippen LogP contribution >= 0.6 is 15.9 Å². The van der Waals surface area contributed by atoms with Crippen LogP contribution in [0.3, 0.4) is 0 Å². The maximum absolute atomic E-state index is 12.5. The molecule has 0 N–H and O–H groups in total. The van der Waals surface area contributed by atoms with Crippen molar-refractivity contribution in [3.8, 4) is 0 Å². The third kappa shape index (κ3) is 3.14. The zero-order chi connectivity index (χ0) is 20.0. The van der Waals surface area contributed by atoms with Gasteiger partial charge in [-0.3, -0.25) is 4.79 Å². The molecule has 29 heavy (non-hydrogen) atoms. The molecule has 1 aliphatic rings. The van der Waals surface area contributed by atoms with Crippen molar-refractivity contribution in [2.24, 2.45) is 5.10 Å². The molecule has 0 radical (unpaired) electrons. The molecule has 4 aromatic rings. The van der Waals surface area contributed by atoms with Gasteiger partial charge in [0.1, 0.15) is 0 Å². The van der Waals surface area contributed by atoms with E-state index in [-0.39, 0.29) is 11.9 Å². The van der Waals surface area contributed by atoms with Gasteiger partial charge in [-0.1, -0.05) is 76.6 Å². The van der Waals surface area contributed by atoms with E-state index in [9.17, 15) is 4.79 Å². The lowest BCUT2D eigenvalue weighted by Crippen LogP contribution is -2.24. The summed E-state index contributed by atoms with van der Waals surface area (Å²) in [5, 5.41) is 11.1. The topological polar surface area (TPSA) is 32.7 Å². The summed E-state index contributed by atoms with van der Waals surface area (Å²) in [4.78, 5) is 12.5. The number of carbonyl (C=O) groups is 1. The van der Waals surface area contributed by atoms with Crippen molar-refractivity contribution in [2.75, 3.05) is 0 Å². The summed E-state index contributed by atoms with van der Waals surface area (Å²) in [7, 11) is 0. The van der Waals surface area contributed by atoms with E-state index in [1.165, 1.54) is 27.1 Å². The molecule has 4 aromatic carbocycles. The summed E-state index contributed by atoms with van der Waals surface area (Å²) in [6.07, 6.45) is 0.694. The molecule has 0 saturated heterocycles. The number of fused-ring (bicyclic) bond motifs is 2. The molecule has 0 bridgehead atoms. The Bertz CT molecular complexity index is 1220. The van der Waals surface area contributed by atoms with E-state index in [1.807, 2.05) is 24.3 Å². The number of rotatable bonds is 2. The van der Waals surface area contributed by atoms with Gasteiger partial charge in [0.15, 0.2) is 0 Å². The molecule has 1 amide bonds. The number of nitrogens with zero attached hydrogens (tertiary/aromatic N) is 2. The van der Waals surface area contributed by atoms with E-state index in [4.69, 9.17) is 5.10 Å². The number of hydrogen-bond donors (Lipinski definition) is 0. The Kier molecular flexibility index (Phi) is 4.44. The quantitative estimate of drug-likeness (QED) is 0.328. The van der Waals surface area contributed by atoms with Crippen LogP contribution in [0.25, 0.3) is 21.5 Å². The highest BCUT2D eigenvalue weighted by atomic mass is 79.9. The van der Waals surface area contributed by atoms with Crippen LogP contribution in [0.4, 0.5) is 0 Å². The molecule has 1 unspecified atom stereocenters. The number of amides is 1. The Labute approximate surface area is 177 Å². The number of halogens is 1. The van der Waals surface area contributed by atoms with Crippen molar-refractivity contribution in [3.63, 3.8) is 0 Å². The summed E-state index contributed by atoms with van der Waals surface area (Å²) < 4.78 is 1.03. The Balaban J connectivity index is 1.71. The number of hydrazone groups is 1. The molecule has 0 aliphatic carbocycles. The van der Waals surface area contributed by atoms with E-state index < -0.39 is 0 Å². The van der Waals surface area contributed by atoms with E-state index >= 15 is 0 Å². The smallest absolute Gasteiger partial charge is 0.240 e. The minimum atomic E-state index is -0.123. The van der Waals surface area contributed by atoms with Gasteiger partial charge in [-0.05, 0) is 50.9 Å². The maximum Gasteiger partial charge on any atom is 0.240 e. The SMILES string of the molecule is CC(=O)N1N=C(c2ccc(Br)cc2)CC1c1c2ccccc2cc2ccccc12.